The van der Waals surface area contributed by atoms with Crippen molar-refractivity contribution in [1.82, 2.24) is 20.6 Å². The van der Waals surface area contributed by atoms with Crippen LogP contribution in [0.3, 0.4) is 0 Å². The molecule has 0 spiro atoms. The summed E-state index contributed by atoms with van der Waals surface area (Å²) in [7, 11) is 0. The van der Waals surface area contributed by atoms with Gasteiger partial charge in [0, 0.05) is 24.3 Å². The van der Waals surface area contributed by atoms with E-state index in [-0.39, 0.29) is 61.5 Å². The van der Waals surface area contributed by atoms with Gasteiger partial charge in [-0.25, -0.2) is 4.98 Å². The highest BCUT2D eigenvalue weighted by molar-refractivity contribution is 5.98. The fourth-order valence-corrected chi connectivity index (χ4v) is 3.85. The maximum atomic E-state index is 12.9. The number of amides is 1. The van der Waals surface area contributed by atoms with Gasteiger partial charge in [-0.2, -0.15) is 13.8 Å². The number of aliphatic hydroxyl groups is 1. The number of hydrogen-bond acceptors (Lipinski definition) is 8. The first kappa shape index (κ1) is 29.5. The molecular weight excluding hydrogens is 481 g/mol. The smallest absolute Gasteiger partial charge is 0.345 e. The molecule has 5 N–H and O–H groups in total. The standard InChI is InChI=1S/C20H32F2N6O3.2ClH/c1-12(11-31-19(21)22)25-20-24-10-16(18(30)27-14-6-8-23-9-7-14)17(28-20)26-13-2-4-15(29)5-3-13;;/h10,12-15,19,23,29H,2-9,11H2,1H3,(H,27,30)(H2,24,25,26,28);2*1H. The Hall–Kier alpha value is -1.53. The molecule has 0 aromatic carbocycles. The zero-order chi connectivity index (χ0) is 22.2. The minimum absolute atomic E-state index is 0. The lowest BCUT2D eigenvalue weighted by atomic mass is 9.93. The summed E-state index contributed by atoms with van der Waals surface area (Å²) in [5.74, 6) is 0.375. The summed E-state index contributed by atoms with van der Waals surface area (Å²) in [6, 6.07) is -0.270. The number of ether oxygens (including phenoxy) is 1. The predicted molar refractivity (Wildman–Crippen MR) is 127 cm³/mol. The SMILES string of the molecule is CC(COC(F)F)Nc1ncc(C(=O)NC2CCNCC2)c(NC2CCC(O)CC2)n1.Cl.Cl. The topological polar surface area (TPSA) is 120 Å². The first-order chi connectivity index (χ1) is 14.9. The van der Waals surface area contributed by atoms with Crippen molar-refractivity contribution in [2.75, 3.05) is 30.3 Å². The van der Waals surface area contributed by atoms with E-state index < -0.39 is 12.7 Å². The summed E-state index contributed by atoms with van der Waals surface area (Å²) in [6.45, 7) is 0.350. The minimum Gasteiger partial charge on any atom is -0.393 e. The molecule has 0 bridgehead atoms. The first-order valence-electron chi connectivity index (χ1n) is 10.9. The van der Waals surface area contributed by atoms with Crippen LogP contribution in [0.15, 0.2) is 6.20 Å². The van der Waals surface area contributed by atoms with Crippen molar-refractivity contribution in [2.45, 2.75) is 76.3 Å². The van der Waals surface area contributed by atoms with Gasteiger partial charge < -0.3 is 31.1 Å². The van der Waals surface area contributed by atoms with Gasteiger partial charge >= 0.3 is 6.61 Å². The van der Waals surface area contributed by atoms with Crippen LogP contribution in [0.2, 0.25) is 0 Å². The highest BCUT2D eigenvalue weighted by Crippen LogP contribution is 2.24. The zero-order valence-electron chi connectivity index (χ0n) is 18.6. The van der Waals surface area contributed by atoms with Gasteiger partial charge in [-0.15, -0.1) is 24.8 Å². The van der Waals surface area contributed by atoms with Crippen LogP contribution >= 0.6 is 24.8 Å². The van der Waals surface area contributed by atoms with Crippen molar-refractivity contribution in [3.05, 3.63) is 11.8 Å². The Morgan fingerprint density at radius 1 is 1.18 bits per heavy atom. The van der Waals surface area contributed by atoms with E-state index in [0.717, 1.165) is 38.8 Å². The first-order valence-corrected chi connectivity index (χ1v) is 10.9. The number of nitrogens with zero attached hydrogens (tertiary/aromatic N) is 2. The van der Waals surface area contributed by atoms with Gasteiger partial charge in [-0.1, -0.05) is 0 Å². The van der Waals surface area contributed by atoms with E-state index in [9.17, 15) is 18.7 Å². The Morgan fingerprint density at radius 3 is 2.48 bits per heavy atom. The molecule has 3 rings (SSSR count). The second-order valence-corrected chi connectivity index (χ2v) is 8.24. The molecule has 9 nitrogen and oxygen atoms in total. The van der Waals surface area contributed by atoms with E-state index in [1.807, 2.05) is 0 Å². The molecule has 1 unspecified atom stereocenters. The molecule has 13 heteroatoms. The molecule has 2 aliphatic rings. The number of hydrogen-bond donors (Lipinski definition) is 5. The average molecular weight is 515 g/mol. The summed E-state index contributed by atoms with van der Waals surface area (Å²) >= 11 is 0. The monoisotopic (exact) mass is 514 g/mol. The van der Waals surface area contributed by atoms with Crippen LogP contribution in [0.4, 0.5) is 20.5 Å². The summed E-state index contributed by atoms with van der Waals surface area (Å²) in [6.07, 6.45) is 5.78. The van der Waals surface area contributed by atoms with Crippen LogP contribution in [0.5, 0.6) is 0 Å². The zero-order valence-corrected chi connectivity index (χ0v) is 20.2. The molecule has 1 aliphatic heterocycles. The van der Waals surface area contributed by atoms with Crippen LogP contribution in [0.1, 0.15) is 55.8 Å². The van der Waals surface area contributed by atoms with Crippen molar-refractivity contribution in [2.24, 2.45) is 0 Å². The molecule has 1 saturated heterocycles. The van der Waals surface area contributed by atoms with Gasteiger partial charge in [0.15, 0.2) is 0 Å². The third-order valence-electron chi connectivity index (χ3n) is 5.59. The highest BCUT2D eigenvalue weighted by Gasteiger charge is 2.24. The molecule has 2 fully saturated rings. The summed E-state index contributed by atoms with van der Waals surface area (Å²) in [5.41, 5.74) is 0.340. The number of carbonyl (C=O) groups is 1. The lowest BCUT2D eigenvalue weighted by Gasteiger charge is -2.28. The Balaban J connectivity index is 0.00000272. The number of anilines is 2. The fourth-order valence-electron chi connectivity index (χ4n) is 3.85. The lowest BCUT2D eigenvalue weighted by Crippen LogP contribution is -2.43. The third kappa shape index (κ3) is 9.70. The Kier molecular flexibility index (Phi) is 13.1. The summed E-state index contributed by atoms with van der Waals surface area (Å²) in [5, 5.41) is 22.3. The van der Waals surface area contributed by atoms with Gasteiger partial charge in [-0.05, 0) is 58.5 Å². The van der Waals surface area contributed by atoms with Crippen LogP contribution in [-0.4, -0.2) is 71.5 Å². The van der Waals surface area contributed by atoms with Gasteiger partial charge in [0.25, 0.3) is 5.91 Å². The summed E-state index contributed by atoms with van der Waals surface area (Å²) in [4.78, 5) is 21.6. The number of nitrogens with one attached hydrogen (secondary N) is 4. The number of alkyl halides is 2. The minimum atomic E-state index is -2.84. The van der Waals surface area contributed by atoms with Crippen molar-refractivity contribution >= 4 is 42.5 Å². The number of rotatable bonds is 9. The molecule has 2 heterocycles. The van der Waals surface area contributed by atoms with Crippen LogP contribution in [0, 0.1) is 0 Å². The molecule has 1 amide bonds. The van der Waals surface area contributed by atoms with Crippen LogP contribution in [0.25, 0.3) is 0 Å². The van der Waals surface area contributed by atoms with E-state index in [1.165, 1.54) is 6.20 Å². The number of aliphatic hydroxyl groups excluding tert-OH is 1. The summed E-state index contributed by atoms with van der Waals surface area (Å²) < 4.78 is 28.8. The molecule has 1 aromatic heterocycles. The fraction of sp³-hybridized carbons (Fsp3) is 0.750. The van der Waals surface area contributed by atoms with E-state index in [2.05, 4.69) is 36.0 Å². The Morgan fingerprint density at radius 2 is 1.85 bits per heavy atom. The van der Waals surface area contributed by atoms with E-state index in [1.54, 1.807) is 6.92 Å². The highest BCUT2D eigenvalue weighted by atomic mass is 35.5. The van der Waals surface area contributed by atoms with Crippen molar-refractivity contribution in [3.8, 4) is 0 Å². The maximum Gasteiger partial charge on any atom is 0.345 e. The Labute approximate surface area is 205 Å². The molecule has 1 aliphatic carbocycles. The van der Waals surface area contributed by atoms with Gasteiger partial charge in [-0.3, -0.25) is 4.79 Å². The van der Waals surface area contributed by atoms with Crippen LogP contribution < -0.4 is 21.3 Å². The van der Waals surface area contributed by atoms with Crippen molar-refractivity contribution in [3.63, 3.8) is 0 Å². The normalized spacial score (nSPS) is 22.0. The largest absolute Gasteiger partial charge is 0.393 e. The number of halogens is 4. The number of carbonyl (C=O) groups excluding carboxylic acids is 1. The third-order valence-corrected chi connectivity index (χ3v) is 5.59. The number of piperidine rings is 1. The lowest BCUT2D eigenvalue weighted by molar-refractivity contribution is -0.130. The average Bonchev–Trinajstić information content (AvgIpc) is 2.75. The Bertz CT molecular complexity index is 723. The molecule has 1 atom stereocenters. The molecule has 1 aromatic rings. The van der Waals surface area contributed by atoms with E-state index in [0.29, 0.717) is 24.2 Å². The van der Waals surface area contributed by atoms with E-state index in [4.69, 9.17) is 0 Å². The van der Waals surface area contributed by atoms with Gasteiger partial charge in [0.2, 0.25) is 5.95 Å². The second kappa shape index (κ2) is 14.7. The number of aromatic nitrogens is 2. The molecule has 0 radical (unpaired) electrons. The molecule has 190 valence electrons. The molecular formula is C20H34Cl2F2N6O3. The van der Waals surface area contributed by atoms with Crippen LogP contribution in [-0.2, 0) is 4.74 Å². The maximum absolute atomic E-state index is 12.9. The molecule has 1 saturated carbocycles. The van der Waals surface area contributed by atoms with E-state index >= 15 is 0 Å². The van der Waals surface area contributed by atoms with Crippen molar-refractivity contribution < 1.29 is 23.4 Å². The molecule has 33 heavy (non-hydrogen) atoms. The van der Waals surface area contributed by atoms with Gasteiger partial charge in [0.1, 0.15) is 11.4 Å². The predicted octanol–water partition coefficient (Wildman–Crippen LogP) is 2.56. The quantitative estimate of drug-likeness (QED) is 0.341. The second-order valence-electron chi connectivity index (χ2n) is 8.24. The van der Waals surface area contributed by atoms with Gasteiger partial charge in [0.05, 0.1) is 12.7 Å². The van der Waals surface area contributed by atoms with Crippen molar-refractivity contribution in [1.29, 1.82) is 0 Å².